The van der Waals surface area contributed by atoms with E-state index in [4.69, 9.17) is 10.5 Å². The minimum absolute atomic E-state index is 0.00470. The van der Waals surface area contributed by atoms with E-state index in [2.05, 4.69) is 4.72 Å². The first-order chi connectivity index (χ1) is 11.1. The molecule has 0 aliphatic rings. The Morgan fingerprint density at radius 3 is 2.25 bits per heavy atom. The Kier molecular flexibility index (Phi) is 6.86. The fourth-order valence-electron chi connectivity index (χ4n) is 1.69. The highest BCUT2D eigenvalue weighted by molar-refractivity contribution is 7.89. The molecule has 0 spiro atoms. The average Bonchev–Trinajstić information content (AvgIpc) is 2.50. The van der Waals surface area contributed by atoms with Crippen LogP contribution in [0.4, 0.5) is 4.79 Å². The molecular formula is C14H19N3O6S. The number of urea groups is 1. The van der Waals surface area contributed by atoms with Gasteiger partial charge in [0.25, 0.3) is 5.91 Å². The van der Waals surface area contributed by atoms with Crippen molar-refractivity contribution in [2.45, 2.75) is 24.8 Å². The van der Waals surface area contributed by atoms with Crippen LogP contribution < -0.4 is 15.8 Å². The molecule has 0 fully saturated rings. The minimum Gasteiger partial charge on any atom is -0.454 e. The van der Waals surface area contributed by atoms with Gasteiger partial charge in [-0.15, -0.1) is 0 Å². The summed E-state index contributed by atoms with van der Waals surface area (Å²) < 4.78 is 31.5. The molecular weight excluding hydrogens is 338 g/mol. The maximum atomic E-state index is 12.3. The van der Waals surface area contributed by atoms with Gasteiger partial charge >= 0.3 is 12.0 Å². The molecule has 3 amide bonds. The number of esters is 1. The number of ether oxygens (including phenoxy) is 1. The maximum Gasteiger partial charge on any atom is 0.324 e. The zero-order valence-electron chi connectivity index (χ0n) is 13.2. The molecule has 132 valence electrons. The fourth-order valence-corrected chi connectivity index (χ4v) is 3.05. The number of carbonyl (C=O) groups excluding carboxylic acids is 3. The molecule has 0 saturated heterocycles. The van der Waals surface area contributed by atoms with Gasteiger partial charge in [0.2, 0.25) is 10.0 Å². The summed E-state index contributed by atoms with van der Waals surface area (Å²) in [6.45, 7) is 2.48. The molecule has 1 rings (SSSR count). The molecule has 0 aliphatic carbocycles. The summed E-state index contributed by atoms with van der Waals surface area (Å²) in [6.07, 6.45) is 0. The lowest BCUT2D eigenvalue weighted by Crippen LogP contribution is -2.46. The average molecular weight is 357 g/mol. The van der Waals surface area contributed by atoms with Crippen molar-refractivity contribution >= 4 is 27.9 Å². The normalized spacial score (nSPS) is 12.5. The highest BCUT2D eigenvalue weighted by Crippen LogP contribution is 2.12. The molecule has 1 aromatic rings. The molecule has 1 unspecified atom stereocenters. The number of hydrogen-bond donors (Lipinski definition) is 3. The molecule has 4 N–H and O–H groups in total. The number of nitrogens with one attached hydrogen (secondary N) is 2. The van der Waals surface area contributed by atoms with Crippen molar-refractivity contribution in [2.75, 3.05) is 6.61 Å². The van der Waals surface area contributed by atoms with E-state index in [0.29, 0.717) is 0 Å². The van der Waals surface area contributed by atoms with Gasteiger partial charge < -0.3 is 10.5 Å². The van der Waals surface area contributed by atoms with E-state index in [-0.39, 0.29) is 4.90 Å². The fraction of sp³-hybridized carbons (Fsp3) is 0.357. The minimum atomic E-state index is -3.93. The van der Waals surface area contributed by atoms with E-state index in [1.807, 2.05) is 0 Å². The molecule has 1 atom stereocenters. The Hall–Kier alpha value is -2.46. The van der Waals surface area contributed by atoms with Crippen LogP contribution in [-0.4, -0.2) is 39.0 Å². The first kappa shape index (κ1) is 19.6. The number of nitrogens with two attached hydrogens (primary N) is 1. The van der Waals surface area contributed by atoms with Gasteiger partial charge in [-0.05, 0) is 18.1 Å². The second-order valence-electron chi connectivity index (χ2n) is 5.18. The van der Waals surface area contributed by atoms with Crippen LogP contribution in [0.3, 0.4) is 0 Å². The van der Waals surface area contributed by atoms with E-state index in [0.717, 1.165) is 0 Å². The molecule has 0 heterocycles. The number of benzene rings is 1. The number of amides is 3. The number of primary amides is 1. The van der Waals surface area contributed by atoms with Crippen LogP contribution in [0.1, 0.15) is 13.8 Å². The lowest BCUT2D eigenvalue weighted by Gasteiger charge is -2.20. The topological polar surface area (TPSA) is 145 Å². The van der Waals surface area contributed by atoms with Gasteiger partial charge in [-0.2, -0.15) is 4.72 Å². The molecule has 0 saturated carbocycles. The van der Waals surface area contributed by atoms with Crippen LogP contribution in [0.25, 0.3) is 0 Å². The Bertz CT molecular complexity index is 702. The van der Waals surface area contributed by atoms with Gasteiger partial charge in [-0.1, -0.05) is 32.0 Å². The van der Waals surface area contributed by atoms with Gasteiger partial charge in [0.1, 0.15) is 6.04 Å². The third-order valence-electron chi connectivity index (χ3n) is 2.86. The van der Waals surface area contributed by atoms with Gasteiger partial charge in [-0.25, -0.2) is 13.2 Å². The Balaban J connectivity index is 2.78. The van der Waals surface area contributed by atoms with Crippen molar-refractivity contribution in [1.29, 1.82) is 0 Å². The van der Waals surface area contributed by atoms with Crippen molar-refractivity contribution in [1.82, 2.24) is 10.0 Å². The molecule has 9 nitrogen and oxygen atoms in total. The first-order valence-corrected chi connectivity index (χ1v) is 8.45. The predicted molar refractivity (Wildman–Crippen MR) is 84.1 cm³/mol. The first-order valence-electron chi connectivity index (χ1n) is 6.97. The van der Waals surface area contributed by atoms with Crippen LogP contribution in [0.15, 0.2) is 35.2 Å². The maximum absolute atomic E-state index is 12.3. The molecule has 24 heavy (non-hydrogen) atoms. The van der Waals surface area contributed by atoms with Crippen LogP contribution in [-0.2, 0) is 24.3 Å². The number of sulfonamides is 1. The van der Waals surface area contributed by atoms with Crippen LogP contribution in [0.2, 0.25) is 0 Å². The number of rotatable bonds is 7. The number of hydrogen-bond acceptors (Lipinski definition) is 6. The van der Waals surface area contributed by atoms with Crippen molar-refractivity contribution < 1.29 is 27.5 Å². The molecule has 10 heteroatoms. The van der Waals surface area contributed by atoms with Crippen molar-refractivity contribution in [2.24, 2.45) is 11.7 Å². The van der Waals surface area contributed by atoms with Gasteiger partial charge in [-0.3, -0.25) is 14.9 Å². The van der Waals surface area contributed by atoms with E-state index < -0.39 is 46.5 Å². The second kappa shape index (κ2) is 8.41. The lowest BCUT2D eigenvalue weighted by molar-refractivity contribution is -0.150. The molecule has 0 radical (unpaired) electrons. The van der Waals surface area contributed by atoms with E-state index in [1.54, 1.807) is 37.4 Å². The van der Waals surface area contributed by atoms with Crippen LogP contribution in [0.5, 0.6) is 0 Å². The standard InChI is InChI=1S/C14H19N3O6S/c1-9(2)12(13(19)23-8-11(18)16-14(15)20)17-24(21,22)10-6-4-3-5-7-10/h3-7,9,12,17H,8H2,1-2H3,(H3,15,16,18,20). The molecule has 0 aromatic heterocycles. The lowest BCUT2D eigenvalue weighted by atomic mass is 10.1. The molecule has 0 aliphatic heterocycles. The van der Waals surface area contributed by atoms with Gasteiger partial charge in [0.15, 0.2) is 6.61 Å². The summed E-state index contributed by atoms with van der Waals surface area (Å²) in [7, 11) is -3.93. The second-order valence-corrected chi connectivity index (χ2v) is 6.89. The number of carbonyl (C=O) groups is 3. The van der Waals surface area contributed by atoms with E-state index >= 15 is 0 Å². The zero-order chi connectivity index (χ0) is 18.3. The highest BCUT2D eigenvalue weighted by Gasteiger charge is 2.30. The third-order valence-corrected chi connectivity index (χ3v) is 4.32. The summed E-state index contributed by atoms with van der Waals surface area (Å²) in [5, 5.41) is 1.72. The van der Waals surface area contributed by atoms with Crippen molar-refractivity contribution in [3.8, 4) is 0 Å². The third kappa shape index (κ3) is 5.97. The predicted octanol–water partition coefficient (Wildman–Crippen LogP) is -0.272. The van der Waals surface area contributed by atoms with Gasteiger partial charge in [0, 0.05) is 0 Å². The van der Waals surface area contributed by atoms with Gasteiger partial charge in [0.05, 0.1) is 4.90 Å². The monoisotopic (exact) mass is 357 g/mol. The Morgan fingerprint density at radius 1 is 1.17 bits per heavy atom. The SMILES string of the molecule is CC(C)C(NS(=O)(=O)c1ccccc1)C(=O)OCC(=O)NC(N)=O. The van der Waals surface area contributed by atoms with E-state index in [1.165, 1.54) is 12.1 Å². The molecule has 1 aromatic carbocycles. The summed E-state index contributed by atoms with van der Waals surface area (Å²) >= 11 is 0. The summed E-state index contributed by atoms with van der Waals surface area (Å²) in [5.41, 5.74) is 4.75. The Morgan fingerprint density at radius 2 is 1.75 bits per heavy atom. The van der Waals surface area contributed by atoms with Crippen LogP contribution in [0, 0.1) is 5.92 Å². The summed E-state index contributed by atoms with van der Waals surface area (Å²) in [5.74, 6) is -2.29. The largest absolute Gasteiger partial charge is 0.454 e. The zero-order valence-corrected chi connectivity index (χ0v) is 14.0. The van der Waals surface area contributed by atoms with Crippen molar-refractivity contribution in [3.63, 3.8) is 0 Å². The smallest absolute Gasteiger partial charge is 0.324 e. The summed E-state index contributed by atoms with van der Waals surface area (Å²) in [4.78, 5) is 33.8. The number of imide groups is 1. The quantitative estimate of drug-likeness (QED) is 0.573. The highest BCUT2D eigenvalue weighted by atomic mass is 32.2. The molecule has 0 bridgehead atoms. The van der Waals surface area contributed by atoms with Crippen LogP contribution >= 0.6 is 0 Å². The van der Waals surface area contributed by atoms with Crippen molar-refractivity contribution in [3.05, 3.63) is 30.3 Å². The Labute approximate surface area is 139 Å². The summed E-state index contributed by atoms with van der Waals surface area (Å²) in [6, 6.07) is 5.23. The van der Waals surface area contributed by atoms with E-state index in [9.17, 15) is 22.8 Å².